The SMILES string of the molecule is O=C(Nc1ccn(-c2ccc(F)cn2)n1)c1ccc(CN2CCCCC2)o1. The molecule has 4 heterocycles. The molecule has 0 atom stereocenters. The number of rotatable bonds is 5. The summed E-state index contributed by atoms with van der Waals surface area (Å²) in [7, 11) is 0. The van der Waals surface area contributed by atoms with Crippen LogP contribution in [0, 0.1) is 5.82 Å². The number of likely N-dealkylation sites (tertiary alicyclic amines) is 1. The summed E-state index contributed by atoms with van der Waals surface area (Å²) in [6.07, 6.45) is 6.45. The minimum Gasteiger partial charge on any atom is -0.455 e. The third kappa shape index (κ3) is 4.22. The van der Waals surface area contributed by atoms with E-state index in [0.29, 0.717) is 11.6 Å². The lowest BCUT2D eigenvalue weighted by Crippen LogP contribution is -2.28. The van der Waals surface area contributed by atoms with Gasteiger partial charge in [0, 0.05) is 12.3 Å². The zero-order valence-corrected chi connectivity index (χ0v) is 14.8. The number of carbonyl (C=O) groups excluding carboxylic acids is 1. The van der Waals surface area contributed by atoms with Crippen molar-refractivity contribution in [3.05, 3.63) is 60.1 Å². The van der Waals surface area contributed by atoms with Gasteiger partial charge in [-0.3, -0.25) is 9.69 Å². The van der Waals surface area contributed by atoms with Gasteiger partial charge >= 0.3 is 0 Å². The van der Waals surface area contributed by atoms with Crippen molar-refractivity contribution in [3.8, 4) is 5.82 Å². The number of hydrogen-bond donors (Lipinski definition) is 1. The van der Waals surface area contributed by atoms with Gasteiger partial charge in [0.05, 0.1) is 12.7 Å². The Bertz CT molecular complexity index is 912. The minimum atomic E-state index is -0.419. The second kappa shape index (κ2) is 7.71. The Balaban J connectivity index is 1.38. The Morgan fingerprint density at radius 3 is 2.78 bits per heavy atom. The number of furan rings is 1. The van der Waals surface area contributed by atoms with Gasteiger partial charge in [-0.25, -0.2) is 14.1 Å². The van der Waals surface area contributed by atoms with Crippen LogP contribution < -0.4 is 5.32 Å². The van der Waals surface area contributed by atoms with Crippen LogP contribution in [0.3, 0.4) is 0 Å². The van der Waals surface area contributed by atoms with E-state index in [2.05, 4.69) is 20.3 Å². The number of halogens is 1. The van der Waals surface area contributed by atoms with E-state index in [0.717, 1.165) is 31.6 Å². The fraction of sp³-hybridized carbons (Fsp3) is 0.316. The van der Waals surface area contributed by atoms with Crippen LogP contribution in [0.2, 0.25) is 0 Å². The Hall–Kier alpha value is -3.00. The van der Waals surface area contributed by atoms with Crippen molar-refractivity contribution in [2.75, 3.05) is 18.4 Å². The highest BCUT2D eigenvalue weighted by molar-refractivity contribution is 6.01. The van der Waals surface area contributed by atoms with E-state index in [1.807, 2.05) is 6.07 Å². The zero-order chi connectivity index (χ0) is 18.6. The zero-order valence-electron chi connectivity index (χ0n) is 14.8. The first-order valence-corrected chi connectivity index (χ1v) is 8.97. The molecule has 0 radical (unpaired) electrons. The fourth-order valence-electron chi connectivity index (χ4n) is 3.12. The third-order valence-corrected chi connectivity index (χ3v) is 4.49. The first-order valence-electron chi connectivity index (χ1n) is 8.97. The number of amides is 1. The molecule has 1 amide bonds. The van der Waals surface area contributed by atoms with Crippen molar-refractivity contribution in [1.82, 2.24) is 19.7 Å². The molecule has 140 valence electrons. The van der Waals surface area contributed by atoms with Gasteiger partial charge in [-0.2, -0.15) is 0 Å². The molecule has 3 aromatic rings. The summed E-state index contributed by atoms with van der Waals surface area (Å²) in [4.78, 5) is 18.7. The maximum absolute atomic E-state index is 13.0. The molecule has 0 aliphatic carbocycles. The second-order valence-electron chi connectivity index (χ2n) is 6.54. The maximum Gasteiger partial charge on any atom is 0.292 e. The quantitative estimate of drug-likeness (QED) is 0.747. The van der Waals surface area contributed by atoms with Gasteiger partial charge in [-0.05, 0) is 50.2 Å². The van der Waals surface area contributed by atoms with E-state index < -0.39 is 5.82 Å². The predicted octanol–water partition coefficient (Wildman–Crippen LogP) is 3.24. The van der Waals surface area contributed by atoms with Gasteiger partial charge in [0.15, 0.2) is 17.4 Å². The van der Waals surface area contributed by atoms with E-state index >= 15 is 0 Å². The van der Waals surface area contributed by atoms with Crippen LogP contribution in [-0.4, -0.2) is 38.7 Å². The summed E-state index contributed by atoms with van der Waals surface area (Å²) in [5.74, 6) is 1.06. The molecular weight excluding hydrogens is 349 g/mol. The van der Waals surface area contributed by atoms with Gasteiger partial charge in [0.2, 0.25) is 0 Å². The largest absolute Gasteiger partial charge is 0.455 e. The van der Waals surface area contributed by atoms with E-state index in [4.69, 9.17) is 4.42 Å². The molecule has 1 N–H and O–H groups in total. The topological polar surface area (TPSA) is 76.2 Å². The standard InChI is InChI=1S/C19H20FN5O2/c20-14-4-7-18(21-12-14)25-11-8-17(23-25)22-19(26)16-6-5-15(27-16)13-24-9-2-1-3-10-24/h4-8,11-12H,1-3,9-10,13H2,(H,22,23,26). The van der Waals surface area contributed by atoms with Crippen LogP contribution in [0.1, 0.15) is 35.6 Å². The maximum atomic E-state index is 13.0. The summed E-state index contributed by atoms with van der Waals surface area (Å²) in [6, 6.07) is 7.96. The van der Waals surface area contributed by atoms with Gasteiger partial charge in [0.25, 0.3) is 5.91 Å². The first kappa shape index (κ1) is 17.4. The van der Waals surface area contributed by atoms with Crippen LogP contribution in [0.5, 0.6) is 0 Å². The van der Waals surface area contributed by atoms with E-state index in [9.17, 15) is 9.18 Å². The number of hydrogen-bond acceptors (Lipinski definition) is 5. The van der Waals surface area contributed by atoms with Crippen molar-refractivity contribution < 1.29 is 13.6 Å². The Kier molecular flexibility index (Phi) is 4.97. The highest BCUT2D eigenvalue weighted by Crippen LogP contribution is 2.16. The van der Waals surface area contributed by atoms with E-state index in [1.165, 1.54) is 36.1 Å². The number of pyridine rings is 1. The number of carbonyl (C=O) groups is 1. The molecule has 1 saturated heterocycles. The Morgan fingerprint density at radius 2 is 2.00 bits per heavy atom. The molecular formula is C19H20FN5O2. The molecule has 1 aliphatic rings. The van der Waals surface area contributed by atoms with Crippen molar-refractivity contribution in [2.45, 2.75) is 25.8 Å². The molecule has 4 rings (SSSR count). The lowest BCUT2D eigenvalue weighted by Gasteiger charge is -2.25. The van der Waals surface area contributed by atoms with Crippen molar-refractivity contribution >= 4 is 11.7 Å². The predicted molar refractivity (Wildman–Crippen MR) is 97.1 cm³/mol. The molecule has 1 aliphatic heterocycles. The monoisotopic (exact) mass is 369 g/mol. The molecule has 3 aromatic heterocycles. The van der Waals surface area contributed by atoms with E-state index in [-0.39, 0.29) is 11.7 Å². The highest BCUT2D eigenvalue weighted by Gasteiger charge is 2.16. The van der Waals surface area contributed by atoms with Crippen molar-refractivity contribution in [2.24, 2.45) is 0 Å². The van der Waals surface area contributed by atoms with Crippen molar-refractivity contribution in [3.63, 3.8) is 0 Å². The number of anilines is 1. The Labute approximate surface area is 155 Å². The lowest BCUT2D eigenvalue weighted by molar-refractivity contribution is 0.0991. The average Bonchev–Trinajstić information content (AvgIpc) is 3.33. The molecule has 8 heteroatoms. The average molecular weight is 369 g/mol. The van der Waals surface area contributed by atoms with Crippen LogP contribution in [0.15, 0.2) is 47.1 Å². The molecule has 0 saturated carbocycles. The van der Waals surface area contributed by atoms with Crippen molar-refractivity contribution in [1.29, 1.82) is 0 Å². The number of piperidine rings is 1. The highest BCUT2D eigenvalue weighted by atomic mass is 19.1. The van der Waals surface area contributed by atoms with Gasteiger partial charge in [0.1, 0.15) is 11.6 Å². The van der Waals surface area contributed by atoms with Gasteiger partial charge in [-0.15, -0.1) is 5.10 Å². The molecule has 27 heavy (non-hydrogen) atoms. The summed E-state index contributed by atoms with van der Waals surface area (Å²) in [5.41, 5.74) is 0. The molecule has 0 bridgehead atoms. The van der Waals surface area contributed by atoms with Crippen LogP contribution >= 0.6 is 0 Å². The van der Waals surface area contributed by atoms with Gasteiger partial charge in [-0.1, -0.05) is 6.42 Å². The Morgan fingerprint density at radius 1 is 1.15 bits per heavy atom. The normalized spacial score (nSPS) is 15.0. The fourth-order valence-corrected chi connectivity index (χ4v) is 3.12. The van der Waals surface area contributed by atoms with Gasteiger partial charge < -0.3 is 9.73 Å². The van der Waals surface area contributed by atoms with Crippen LogP contribution in [0.4, 0.5) is 10.2 Å². The summed E-state index contributed by atoms with van der Waals surface area (Å²) in [5, 5.41) is 6.92. The van der Waals surface area contributed by atoms with Crippen LogP contribution in [0.25, 0.3) is 5.82 Å². The third-order valence-electron chi connectivity index (χ3n) is 4.49. The molecule has 1 fully saturated rings. The molecule has 0 unspecified atom stereocenters. The first-order chi connectivity index (χ1) is 13.2. The minimum absolute atomic E-state index is 0.247. The number of nitrogens with zero attached hydrogens (tertiary/aromatic N) is 4. The van der Waals surface area contributed by atoms with E-state index in [1.54, 1.807) is 18.3 Å². The summed E-state index contributed by atoms with van der Waals surface area (Å²) in [6.45, 7) is 2.85. The van der Waals surface area contributed by atoms with Crippen LogP contribution in [-0.2, 0) is 6.54 Å². The summed E-state index contributed by atoms with van der Waals surface area (Å²) >= 11 is 0. The number of nitrogens with one attached hydrogen (secondary N) is 1. The number of aromatic nitrogens is 3. The second-order valence-corrected chi connectivity index (χ2v) is 6.54. The molecule has 0 aromatic carbocycles. The molecule has 7 nitrogen and oxygen atoms in total. The lowest BCUT2D eigenvalue weighted by atomic mass is 10.1. The summed E-state index contributed by atoms with van der Waals surface area (Å²) < 4.78 is 20.1. The molecule has 0 spiro atoms. The smallest absolute Gasteiger partial charge is 0.292 e.